The van der Waals surface area contributed by atoms with Crippen LogP contribution in [0.5, 0.6) is 0 Å². The Balaban J connectivity index is 1.49. The number of imide groups is 1. The highest BCUT2D eigenvalue weighted by Crippen LogP contribution is 2.68. The molecule has 3 N–H and O–H groups in total. The second-order valence-electron chi connectivity index (χ2n) is 8.53. The predicted octanol–water partition coefficient (Wildman–Crippen LogP) is -0.0878. The van der Waals surface area contributed by atoms with Crippen LogP contribution in [-0.4, -0.2) is 75.7 Å². The molecule has 4 atom stereocenters. The third-order valence-corrected chi connectivity index (χ3v) is 6.49. The summed E-state index contributed by atoms with van der Waals surface area (Å²) in [5.41, 5.74) is -0.576. The maximum Gasteiger partial charge on any atom is 0.325 e. The molecular weight excluding hydrogens is 362 g/mol. The molecule has 28 heavy (non-hydrogen) atoms. The maximum atomic E-state index is 12.8. The van der Waals surface area contributed by atoms with E-state index in [2.05, 4.69) is 5.32 Å². The Morgan fingerprint density at radius 2 is 1.93 bits per heavy atom. The minimum atomic E-state index is -1.03. The summed E-state index contributed by atoms with van der Waals surface area (Å²) in [7, 11) is 0. The van der Waals surface area contributed by atoms with E-state index in [0.717, 1.165) is 10.5 Å². The van der Waals surface area contributed by atoms with Gasteiger partial charge in [-0.05, 0) is 31.2 Å². The van der Waals surface area contributed by atoms with Crippen LogP contribution in [0, 0.1) is 11.3 Å². The first kappa shape index (κ1) is 18.9. The molecule has 3 fully saturated rings. The van der Waals surface area contributed by atoms with Crippen molar-refractivity contribution in [3.8, 4) is 0 Å². The number of benzene rings is 1. The van der Waals surface area contributed by atoms with E-state index in [1.54, 1.807) is 13.8 Å². The van der Waals surface area contributed by atoms with Gasteiger partial charge in [0.2, 0.25) is 5.91 Å². The van der Waals surface area contributed by atoms with Crippen LogP contribution in [-0.2, 0) is 9.59 Å². The number of aliphatic hydroxyl groups is 2. The molecule has 1 aromatic carbocycles. The first-order chi connectivity index (χ1) is 13.2. The van der Waals surface area contributed by atoms with Gasteiger partial charge < -0.3 is 20.4 Å². The Labute approximate surface area is 163 Å². The number of likely N-dealkylation sites (tertiary alicyclic amines) is 1. The third-order valence-electron chi connectivity index (χ3n) is 6.49. The molecule has 0 bridgehead atoms. The van der Waals surface area contributed by atoms with Crippen LogP contribution in [0.4, 0.5) is 4.79 Å². The van der Waals surface area contributed by atoms with Gasteiger partial charge >= 0.3 is 6.03 Å². The van der Waals surface area contributed by atoms with E-state index in [4.69, 9.17) is 0 Å². The number of urea groups is 1. The molecule has 0 unspecified atom stereocenters. The smallest absolute Gasteiger partial charge is 0.325 e. The van der Waals surface area contributed by atoms with E-state index in [1.807, 2.05) is 30.3 Å². The fraction of sp³-hybridized carbons (Fsp3) is 0.550. The fourth-order valence-electron chi connectivity index (χ4n) is 4.95. The van der Waals surface area contributed by atoms with Gasteiger partial charge in [-0.25, -0.2) is 4.79 Å². The summed E-state index contributed by atoms with van der Waals surface area (Å²) in [4.78, 5) is 39.6. The molecular formula is C20H25N3O5. The molecule has 1 aromatic rings. The van der Waals surface area contributed by atoms with E-state index in [9.17, 15) is 24.6 Å². The highest BCUT2D eigenvalue weighted by molar-refractivity contribution is 6.08. The summed E-state index contributed by atoms with van der Waals surface area (Å²) >= 11 is 0. The Morgan fingerprint density at radius 3 is 2.50 bits per heavy atom. The molecule has 1 saturated carbocycles. The van der Waals surface area contributed by atoms with Gasteiger partial charge in [0.25, 0.3) is 5.91 Å². The molecule has 8 nitrogen and oxygen atoms in total. The summed E-state index contributed by atoms with van der Waals surface area (Å²) in [6, 6.07) is 9.09. The summed E-state index contributed by atoms with van der Waals surface area (Å²) in [6.07, 6.45) is -0.765. The molecule has 1 aliphatic carbocycles. The zero-order chi connectivity index (χ0) is 20.3. The maximum absolute atomic E-state index is 12.8. The molecule has 2 heterocycles. The average molecular weight is 387 g/mol. The Bertz CT molecular complexity index is 826. The van der Waals surface area contributed by atoms with Crippen LogP contribution in [0.25, 0.3) is 0 Å². The average Bonchev–Trinajstić information content (AvgIpc) is 3.12. The van der Waals surface area contributed by atoms with Crippen molar-refractivity contribution in [2.45, 2.75) is 31.4 Å². The number of carbonyl (C=O) groups is 3. The molecule has 150 valence electrons. The van der Waals surface area contributed by atoms with Crippen molar-refractivity contribution in [3.63, 3.8) is 0 Å². The van der Waals surface area contributed by atoms with Crippen LogP contribution in [0.1, 0.15) is 25.3 Å². The summed E-state index contributed by atoms with van der Waals surface area (Å²) < 4.78 is 0. The molecule has 4 amide bonds. The van der Waals surface area contributed by atoms with Gasteiger partial charge in [-0.3, -0.25) is 14.5 Å². The number of hydrogen-bond acceptors (Lipinski definition) is 5. The molecule has 8 heteroatoms. The number of nitrogens with one attached hydrogen (secondary N) is 1. The first-order valence-corrected chi connectivity index (χ1v) is 9.48. The second-order valence-corrected chi connectivity index (χ2v) is 8.53. The quantitative estimate of drug-likeness (QED) is 0.626. The standard InChI is InChI=1S/C20H25N3O5/c1-19(2)17(27)23(18(28)21-19)9-15(26)22-8-14(25)20(11-22)13(10-24)16(20)12-6-4-3-5-7-12/h3-7,13-14,16,24-25H,8-11H2,1-2H3,(H,21,28)/t13-,14-,16-,20-/m1/s1. The van der Waals surface area contributed by atoms with E-state index >= 15 is 0 Å². The Kier molecular flexibility index (Phi) is 4.24. The van der Waals surface area contributed by atoms with Crippen molar-refractivity contribution in [2.24, 2.45) is 11.3 Å². The van der Waals surface area contributed by atoms with Gasteiger partial charge in [-0.2, -0.15) is 0 Å². The van der Waals surface area contributed by atoms with Gasteiger partial charge in [-0.15, -0.1) is 0 Å². The molecule has 0 radical (unpaired) electrons. The van der Waals surface area contributed by atoms with Crippen LogP contribution in [0.2, 0.25) is 0 Å². The molecule has 4 rings (SSSR count). The fourth-order valence-corrected chi connectivity index (χ4v) is 4.95. The van der Waals surface area contributed by atoms with Gasteiger partial charge in [-0.1, -0.05) is 30.3 Å². The van der Waals surface area contributed by atoms with Crippen LogP contribution >= 0.6 is 0 Å². The topological polar surface area (TPSA) is 110 Å². The number of rotatable bonds is 4. The number of β-amino-alcohol motifs (C(OH)–C–C–N with tert-alkyl or cyclic N) is 1. The summed E-state index contributed by atoms with van der Waals surface area (Å²) in [6.45, 7) is 3.19. The van der Waals surface area contributed by atoms with Crippen LogP contribution in [0.3, 0.4) is 0 Å². The van der Waals surface area contributed by atoms with E-state index in [1.165, 1.54) is 4.90 Å². The lowest BCUT2D eigenvalue weighted by Gasteiger charge is -2.20. The highest BCUT2D eigenvalue weighted by atomic mass is 16.3. The van der Waals surface area contributed by atoms with E-state index in [0.29, 0.717) is 6.54 Å². The minimum Gasteiger partial charge on any atom is -0.396 e. The number of aliphatic hydroxyl groups excluding tert-OH is 2. The number of nitrogens with zero attached hydrogens (tertiary/aromatic N) is 2. The Hall–Kier alpha value is -2.45. The zero-order valence-corrected chi connectivity index (χ0v) is 16.0. The van der Waals surface area contributed by atoms with Gasteiger partial charge in [0.05, 0.1) is 6.10 Å². The monoisotopic (exact) mass is 387 g/mol. The highest BCUT2D eigenvalue weighted by Gasteiger charge is 2.71. The molecule has 3 aliphatic rings. The van der Waals surface area contributed by atoms with Crippen molar-refractivity contribution in [1.29, 1.82) is 0 Å². The lowest BCUT2D eigenvalue weighted by molar-refractivity contribution is -0.138. The number of carbonyl (C=O) groups excluding carboxylic acids is 3. The Morgan fingerprint density at radius 1 is 1.25 bits per heavy atom. The molecule has 2 saturated heterocycles. The third kappa shape index (κ3) is 2.62. The van der Waals surface area contributed by atoms with Crippen LogP contribution in [0.15, 0.2) is 30.3 Å². The van der Waals surface area contributed by atoms with Crippen molar-refractivity contribution in [3.05, 3.63) is 35.9 Å². The van der Waals surface area contributed by atoms with Crippen LogP contribution < -0.4 is 5.32 Å². The van der Waals surface area contributed by atoms with Crippen molar-refractivity contribution in [2.75, 3.05) is 26.2 Å². The summed E-state index contributed by atoms with van der Waals surface area (Å²) in [5.74, 6) is -0.977. The second kappa shape index (κ2) is 6.28. The zero-order valence-electron chi connectivity index (χ0n) is 16.0. The van der Waals surface area contributed by atoms with Crippen molar-refractivity contribution < 1.29 is 24.6 Å². The lowest BCUT2D eigenvalue weighted by Crippen LogP contribution is -2.44. The van der Waals surface area contributed by atoms with Gasteiger partial charge in [0, 0.05) is 25.1 Å². The molecule has 0 aromatic heterocycles. The number of amides is 4. The molecule has 2 aliphatic heterocycles. The number of hydrogen-bond donors (Lipinski definition) is 3. The molecule has 1 spiro atoms. The predicted molar refractivity (Wildman–Crippen MR) is 99.1 cm³/mol. The SMILES string of the molecule is CC1(C)NC(=O)N(CC(=O)N2C[C@@H](O)[C@@]3(C2)[C@H](CO)[C@H]3c2ccccc2)C1=O. The minimum absolute atomic E-state index is 0.0258. The normalized spacial score (nSPS) is 33.5. The van der Waals surface area contributed by atoms with Crippen molar-refractivity contribution in [1.82, 2.24) is 15.1 Å². The van der Waals surface area contributed by atoms with E-state index < -0.39 is 29.0 Å². The largest absolute Gasteiger partial charge is 0.396 e. The van der Waals surface area contributed by atoms with E-state index in [-0.39, 0.29) is 37.4 Å². The first-order valence-electron chi connectivity index (χ1n) is 9.48. The summed E-state index contributed by atoms with van der Waals surface area (Å²) in [5, 5.41) is 23.2. The van der Waals surface area contributed by atoms with Crippen molar-refractivity contribution >= 4 is 17.8 Å². The lowest BCUT2D eigenvalue weighted by atomic mass is 9.95. The van der Waals surface area contributed by atoms with Gasteiger partial charge in [0.1, 0.15) is 12.1 Å². The van der Waals surface area contributed by atoms with Gasteiger partial charge in [0.15, 0.2) is 0 Å².